The van der Waals surface area contributed by atoms with Gasteiger partial charge in [-0.15, -0.1) is 13.2 Å². The predicted molar refractivity (Wildman–Crippen MR) is 73.9 cm³/mol. The minimum atomic E-state index is -0.933. The summed E-state index contributed by atoms with van der Waals surface area (Å²) in [6, 6.07) is -0.979. The number of piperidine rings is 1. The largest absolute Gasteiger partial charge is 0.480 e. The van der Waals surface area contributed by atoms with E-state index in [1.54, 1.807) is 17.1 Å². The average Bonchev–Trinajstić information content (AvgIpc) is 2.37. The predicted octanol–water partition coefficient (Wildman–Crippen LogP) is 1.97. The topological polar surface area (TPSA) is 60.9 Å². The first kappa shape index (κ1) is 15.3. The number of rotatable bonds is 5. The number of aliphatic carboxylic acids is 1. The lowest BCUT2D eigenvalue weighted by atomic mass is 9.92. The fraction of sp³-hybridized carbons (Fsp3) is 0.571. The smallest absolute Gasteiger partial charge is 0.326 e. The van der Waals surface area contributed by atoms with Gasteiger partial charge in [0.1, 0.15) is 6.04 Å². The van der Waals surface area contributed by atoms with E-state index in [0.717, 1.165) is 6.42 Å². The summed E-state index contributed by atoms with van der Waals surface area (Å²) in [5.41, 5.74) is 0. The number of urea groups is 1. The Morgan fingerprint density at radius 1 is 1.37 bits per heavy atom. The molecule has 2 atom stereocenters. The molecule has 1 saturated heterocycles. The Balaban J connectivity index is 2.84. The van der Waals surface area contributed by atoms with Crippen LogP contribution in [-0.2, 0) is 4.79 Å². The summed E-state index contributed by atoms with van der Waals surface area (Å²) >= 11 is 0. The van der Waals surface area contributed by atoms with Crippen molar-refractivity contribution < 1.29 is 14.7 Å². The fourth-order valence-electron chi connectivity index (χ4n) is 2.33. The van der Waals surface area contributed by atoms with Crippen LogP contribution in [-0.4, -0.2) is 52.6 Å². The van der Waals surface area contributed by atoms with Gasteiger partial charge in [-0.05, 0) is 18.8 Å². The van der Waals surface area contributed by atoms with E-state index in [2.05, 4.69) is 13.2 Å². The standard InChI is InChI=1S/C14H22N2O3/c1-4-7-15(8-5-2)14(19)16-9-6-11(3)10-12(16)13(17)18/h4-5,11-12H,1-2,6-10H2,3H3,(H,17,18). The van der Waals surface area contributed by atoms with Gasteiger partial charge in [-0.1, -0.05) is 19.1 Å². The SMILES string of the molecule is C=CCN(CC=C)C(=O)N1CCC(C)CC1C(=O)O. The summed E-state index contributed by atoms with van der Waals surface area (Å²) in [4.78, 5) is 26.7. The zero-order valence-corrected chi connectivity index (χ0v) is 11.4. The van der Waals surface area contributed by atoms with Crippen LogP contribution in [0.15, 0.2) is 25.3 Å². The van der Waals surface area contributed by atoms with Gasteiger partial charge in [0.25, 0.3) is 0 Å². The second-order valence-corrected chi connectivity index (χ2v) is 4.94. The lowest BCUT2D eigenvalue weighted by Gasteiger charge is -2.38. The van der Waals surface area contributed by atoms with Crippen molar-refractivity contribution in [3.8, 4) is 0 Å². The highest BCUT2D eigenvalue weighted by Gasteiger charge is 2.36. The van der Waals surface area contributed by atoms with Gasteiger partial charge >= 0.3 is 12.0 Å². The molecule has 1 heterocycles. The van der Waals surface area contributed by atoms with Crippen LogP contribution in [0.4, 0.5) is 4.79 Å². The van der Waals surface area contributed by atoms with E-state index in [1.165, 1.54) is 4.90 Å². The molecule has 0 aromatic carbocycles. The number of carboxylic acids is 1. The third-order valence-electron chi connectivity index (χ3n) is 3.36. The lowest BCUT2D eigenvalue weighted by Crippen LogP contribution is -2.54. The molecule has 1 aliphatic heterocycles. The lowest BCUT2D eigenvalue weighted by molar-refractivity contribution is -0.144. The highest BCUT2D eigenvalue weighted by molar-refractivity contribution is 5.83. The normalized spacial score (nSPS) is 22.7. The quantitative estimate of drug-likeness (QED) is 0.774. The van der Waals surface area contributed by atoms with Crippen LogP contribution in [0.25, 0.3) is 0 Å². The van der Waals surface area contributed by atoms with Crippen molar-refractivity contribution in [3.05, 3.63) is 25.3 Å². The van der Waals surface area contributed by atoms with Gasteiger partial charge < -0.3 is 14.9 Å². The molecule has 5 heteroatoms. The van der Waals surface area contributed by atoms with Crippen LogP contribution in [0, 0.1) is 5.92 Å². The Labute approximate surface area is 114 Å². The molecular formula is C14H22N2O3. The van der Waals surface area contributed by atoms with Crippen LogP contribution < -0.4 is 0 Å². The van der Waals surface area contributed by atoms with Crippen LogP contribution in [0.1, 0.15) is 19.8 Å². The van der Waals surface area contributed by atoms with E-state index in [-0.39, 0.29) is 6.03 Å². The summed E-state index contributed by atoms with van der Waals surface area (Å²) < 4.78 is 0. The number of amides is 2. The minimum Gasteiger partial charge on any atom is -0.480 e. The van der Waals surface area contributed by atoms with Crippen LogP contribution in [0.5, 0.6) is 0 Å². The van der Waals surface area contributed by atoms with E-state index < -0.39 is 12.0 Å². The van der Waals surface area contributed by atoms with Gasteiger partial charge in [-0.3, -0.25) is 0 Å². The van der Waals surface area contributed by atoms with Gasteiger partial charge in [0.2, 0.25) is 0 Å². The number of nitrogens with zero attached hydrogens (tertiary/aromatic N) is 2. The Kier molecular flexibility index (Phi) is 5.60. The molecular weight excluding hydrogens is 244 g/mol. The summed E-state index contributed by atoms with van der Waals surface area (Å²) in [6.45, 7) is 10.5. The van der Waals surface area contributed by atoms with Gasteiger partial charge in [-0.2, -0.15) is 0 Å². The van der Waals surface area contributed by atoms with Gasteiger partial charge in [0.15, 0.2) is 0 Å². The van der Waals surface area contributed by atoms with Crippen molar-refractivity contribution in [2.75, 3.05) is 19.6 Å². The van der Waals surface area contributed by atoms with Crippen molar-refractivity contribution >= 4 is 12.0 Å². The second-order valence-electron chi connectivity index (χ2n) is 4.94. The molecule has 0 bridgehead atoms. The molecule has 2 unspecified atom stereocenters. The van der Waals surface area contributed by atoms with Crippen molar-refractivity contribution in [2.24, 2.45) is 5.92 Å². The maximum absolute atomic E-state index is 12.4. The van der Waals surface area contributed by atoms with E-state index in [4.69, 9.17) is 0 Å². The number of likely N-dealkylation sites (tertiary alicyclic amines) is 1. The van der Waals surface area contributed by atoms with Crippen molar-refractivity contribution in [1.29, 1.82) is 0 Å². The molecule has 1 rings (SSSR count). The number of carbonyl (C=O) groups is 2. The van der Waals surface area contributed by atoms with E-state index in [0.29, 0.717) is 32.0 Å². The molecule has 1 N–H and O–H groups in total. The average molecular weight is 266 g/mol. The third-order valence-corrected chi connectivity index (χ3v) is 3.36. The van der Waals surface area contributed by atoms with Gasteiger partial charge in [0.05, 0.1) is 0 Å². The highest BCUT2D eigenvalue weighted by Crippen LogP contribution is 2.23. The molecule has 5 nitrogen and oxygen atoms in total. The molecule has 1 aliphatic rings. The highest BCUT2D eigenvalue weighted by atomic mass is 16.4. The number of carboxylic acid groups (broad SMARTS) is 1. The Hall–Kier alpha value is -1.78. The molecule has 0 radical (unpaired) electrons. The molecule has 2 amide bonds. The number of hydrogen-bond acceptors (Lipinski definition) is 2. The fourth-order valence-corrected chi connectivity index (χ4v) is 2.33. The molecule has 0 aliphatic carbocycles. The zero-order chi connectivity index (χ0) is 14.4. The maximum atomic E-state index is 12.4. The number of hydrogen-bond donors (Lipinski definition) is 1. The van der Waals surface area contributed by atoms with Gasteiger partial charge in [-0.25, -0.2) is 9.59 Å². The summed E-state index contributed by atoms with van der Waals surface area (Å²) in [6.07, 6.45) is 4.61. The molecule has 0 aromatic rings. The Bertz CT molecular complexity index is 358. The summed E-state index contributed by atoms with van der Waals surface area (Å²) in [7, 11) is 0. The van der Waals surface area contributed by atoms with Crippen LogP contribution in [0.3, 0.4) is 0 Å². The number of carbonyl (C=O) groups excluding carboxylic acids is 1. The molecule has 0 saturated carbocycles. The van der Waals surface area contributed by atoms with Crippen LogP contribution >= 0.6 is 0 Å². The summed E-state index contributed by atoms with van der Waals surface area (Å²) in [5.74, 6) is -0.602. The second kappa shape index (κ2) is 6.97. The van der Waals surface area contributed by atoms with Crippen LogP contribution in [0.2, 0.25) is 0 Å². The molecule has 106 valence electrons. The summed E-state index contributed by atoms with van der Waals surface area (Å²) in [5, 5.41) is 9.26. The minimum absolute atomic E-state index is 0.251. The monoisotopic (exact) mass is 266 g/mol. The van der Waals surface area contributed by atoms with E-state index in [1.807, 2.05) is 6.92 Å². The Morgan fingerprint density at radius 3 is 2.42 bits per heavy atom. The van der Waals surface area contributed by atoms with Gasteiger partial charge in [0, 0.05) is 19.6 Å². The first-order valence-corrected chi connectivity index (χ1v) is 6.51. The molecule has 0 spiro atoms. The third kappa shape index (κ3) is 3.84. The van der Waals surface area contributed by atoms with Crippen molar-refractivity contribution in [3.63, 3.8) is 0 Å². The van der Waals surface area contributed by atoms with Crippen molar-refractivity contribution in [2.45, 2.75) is 25.8 Å². The van der Waals surface area contributed by atoms with E-state index in [9.17, 15) is 14.7 Å². The first-order chi connectivity index (χ1) is 9.01. The maximum Gasteiger partial charge on any atom is 0.326 e. The molecule has 0 aromatic heterocycles. The van der Waals surface area contributed by atoms with Crippen molar-refractivity contribution in [1.82, 2.24) is 9.80 Å². The zero-order valence-electron chi connectivity index (χ0n) is 11.4. The molecule has 19 heavy (non-hydrogen) atoms. The van der Waals surface area contributed by atoms with E-state index >= 15 is 0 Å². The Morgan fingerprint density at radius 2 is 1.95 bits per heavy atom. The molecule has 1 fully saturated rings. The first-order valence-electron chi connectivity index (χ1n) is 6.51.